The molecule has 2 heterocycles. The third-order valence-corrected chi connectivity index (χ3v) is 3.95. The number of carbonyl (C=O) groups is 2. The van der Waals surface area contributed by atoms with E-state index in [1.165, 1.54) is 12.1 Å². The van der Waals surface area contributed by atoms with E-state index in [2.05, 4.69) is 9.97 Å². The molecule has 0 saturated heterocycles. The summed E-state index contributed by atoms with van der Waals surface area (Å²) in [5.41, 5.74) is 12.1. The fraction of sp³-hybridized carbons (Fsp3) is 0. The maximum atomic E-state index is 10.6. The van der Waals surface area contributed by atoms with Crippen LogP contribution in [0.15, 0.2) is 60.7 Å². The molecule has 9 heteroatoms. The Morgan fingerprint density at radius 3 is 1.38 bits per heavy atom. The Hall–Kier alpha value is -3.43. The van der Waals surface area contributed by atoms with Crippen molar-refractivity contribution < 1.29 is 19.8 Å². The van der Waals surface area contributed by atoms with E-state index in [1.807, 2.05) is 12.1 Å². The predicted molar refractivity (Wildman–Crippen MR) is 107 cm³/mol. The summed E-state index contributed by atoms with van der Waals surface area (Å²) < 4.78 is 0. The zero-order valence-corrected chi connectivity index (χ0v) is 16.6. The van der Waals surface area contributed by atoms with Crippen molar-refractivity contribution in [2.24, 2.45) is 0 Å². The fourth-order valence-electron chi connectivity index (χ4n) is 2.59. The van der Waals surface area contributed by atoms with Gasteiger partial charge in [-0.05, 0) is 24.3 Å². The minimum atomic E-state index is -1.30. The van der Waals surface area contributed by atoms with Crippen LogP contribution in [0.5, 0.6) is 0 Å². The van der Waals surface area contributed by atoms with Gasteiger partial charge in [0, 0.05) is 21.9 Å². The molecule has 0 atom stereocenters. The van der Waals surface area contributed by atoms with Gasteiger partial charge in [-0.15, -0.1) is 0 Å². The van der Waals surface area contributed by atoms with Gasteiger partial charge >= 0.3 is 23.1 Å². The van der Waals surface area contributed by atoms with Crippen molar-refractivity contribution in [3.63, 3.8) is 0 Å². The van der Waals surface area contributed by atoms with E-state index in [1.54, 1.807) is 36.4 Å². The number of para-hydroxylation sites is 2. The molecule has 0 spiro atoms. The van der Waals surface area contributed by atoms with Gasteiger partial charge in [0.2, 0.25) is 0 Å². The number of hydrogen-bond donors (Lipinski definition) is 2. The van der Waals surface area contributed by atoms with E-state index in [0.717, 1.165) is 10.8 Å². The molecular weight excluding hydrogens is 385 g/mol. The number of benzene rings is 2. The number of anilines is 2. The van der Waals surface area contributed by atoms with Gasteiger partial charge in [0.25, 0.3) is 0 Å². The number of rotatable bonds is 2. The molecule has 2 aromatic heterocycles. The molecule has 0 aliphatic carbocycles. The second kappa shape index (κ2) is 9.17. The third-order valence-electron chi connectivity index (χ3n) is 3.95. The normalized spacial score (nSPS) is 9.93. The minimum Gasteiger partial charge on any atom is -0.545 e. The van der Waals surface area contributed by atoms with Gasteiger partial charge in [0.05, 0.1) is 23.0 Å². The number of pyridine rings is 2. The van der Waals surface area contributed by atoms with Gasteiger partial charge in [0.15, 0.2) is 0 Å². The molecular formula is C20H14MgN4O4. The van der Waals surface area contributed by atoms with Crippen LogP contribution in [0.25, 0.3) is 21.8 Å². The molecule has 0 saturated carbocycles. The smallest absolute Gasteiger partial charge is 0.545 e. The molecule has 8 nitrogen and oxygen atoms in total. The van der Waals surface area contributed by atoms with Crippen LogP contribution in [-0.2, 0) is 0 Å². The van der Waals surface area contributed by atoms with Crippen molar-refractivity contribution in [2.45, 2.75) is 0 Å². The van der Waals surface area contributed by atoms with Crippen molar-refractivity contribution in [1.82, 2.24) is 9.97 Å². The van der Waals surface area contributed by atoms with Crippen molar-refractivity contribution in [1.29, 1.82) is 0 Å². The third kappa shape index (κ3) is 4.89. The minimum absolute atomic E-state index is 0. The Labute approximate surface area is 181 Å². The zero-order chi connectivity index (χ0) is 20.3. The summed E-state index contributed by atoms with van der Waals surface area (Å²) in [4.78, 5) is 29.2. The van der Waals surface area contributed by atoms with E-state index in [4.69, 9.17) is 11.5 Å². The maximum absolute atomic E-state index is 10.6. The van der Waals surface area contributed by atoms with Crippen molar-refractivity contribution in [3.05, 3.63) is 71.8 Å². The largest absolute Gasteiger partial charge is 2.00 e. The first-order valence-corrected chi connectivity index (χ1v) is 8.10. The molecule has 0 bridgehead atoms. The predicted octanol–water partition coefficient (Wildman–Crippen LogP) is -0.0198. The Balaban J connectivity index is 0.000000200. The van der Waals surface area contributed by atoms with Gasteiger partial charge in [-0.2, -0.15) is 0 Å². The second-order valence-corrected chi connectivity index (χ2v) is 5.80. The van der Waals surface area contributed by atoms with E-state index in [-0.39, 0.29) is 45.8 Å². The summed E-state index contributed by atoms with van der Waals surface area (Å²) in [6.07, 6.45) is 0. The summed E-state index contributed by atoms with van der Waals surface area (Å²) in [6.45, 7) is 0. The molecule has 0 fully saturated rings. The number of aromatic nitrogens is 2. The van der Waals surface area contributed by atoms with Gasteiger partial charge in [-0.25, -0.2) is 9.97 Å². The molecule has 29 heavy (non-hydrogen) atoms. The standard InChI is InChI=1S/2C10H8N2O2.Mg/c2*11-9-7(10(13)14)5-6-3-1-2-4-8(6)12-9;/h2*1-5H,(H2,11,12)(H,13,14);/q;;+2/p-2. The Morgan fingerprint density at radius 2 is 1.03 bits per heavy atom. The van der Waals surface area contributed by atoms with E-state index in [0.29, 0.717) is 11.0 Å². The Bertz CT molecular complexity index is 1120. The molecule has 4 aromatic rings. The topological polar surface area (TPSA) is 158 Å². The number of carbonyl (C=O) groups excluding carboxylic acids is 2. The molecule has 2 aromatic carbocycles. The average molecular weight is 399 g/mol. The van der Waals surface area contributed by atoms with Crippen molar-refractivity contribution in [3.8, 4) is 0 Å². The van der Waals surface area contributed by atoms with Crippen LogP contribution >= 0.6 is 0 Å². The number of carboxylic acids is 2. The number of aromatic carboxylic acids is 2. The van der Waals surface area contributed by atoms with Crippen LogP contribution in [0.2, 0.25) is 0 Å². The molecule has 4 rings (SSSR count). The summed E-state index contributed by atoms with van der Waals surface area (Å²) in [7, 11) is 0. The SMILES string of the molecule is Nc1nc2ccccc2cc1C(=O)[O-].Nc1nc2ccccc2cc1C(=O)[O-].[Mg+2]. The quantitative estimate of drug-likeness (QED) is 0.446. The fourth-order valence-corrected chi connectivity index (χ4v) is 2.59. The van der Waals surface area contributed by atoms with E-state index >= 15 is 0 Å². The molecule has 0 radical (unpaired) electrons. The second-order valence-electron chi connectivity index (χ2n) is 5.80. The summed E-state index contributed by atoms with van der Waals surface area (Å²) in [5.74, 6) is -2.63. The Kier molecular flexibility index (Phi) is 6.91. The molecule has 0 unspecified atom stereocenters. The first-order chi connectivity index (χ1) is 13.4. The first-order valence-electron chi connectivity index (χ1n) is 8.10. The Morgan fingerprint density at radius 1 is 0.690 bits per heavy atom. The molecule has 4 N–H and O–H groups in total. The van der Waals surface area contributed by atoms with Crippen molar-refractivity contribution >= 4 is 68.4 Å². The van der Waals surface area contributed by atoms with Crippen LogP contribution < -0.4 is 21.7 Å². The van der Waals surface area contributed by atoms with Crippen LogP contribution in [0, 0.1) is 0 Å². The summed E-state index contributed by atoms with van der Waals surface area (Å²) in [6, 6.07) is 17.2. The molecule has 0 amide bonds. The number of carboxylic acid groups (broad SMARTS) is 2. The van der Waals surface area contributed by atoms with Crippen LogP contribution in [-0.4, -0.2) is 45.0 Å². The number of fused-ring (bicyclic) bond motifs is 2. The number of nitrogens with zero attached hydrogens (tertiary/aromatic N) is 2. The van der Waals surface area contributed by atoms with Crippen LogP contribution in [0.1, 0.15) is 20.7 Å². The average Bonchev–Trinajstić information content (AvgIpc) is 2.67. The molecule has 0 aliphatic rings. The van der Waals surface area contributed by atoms with E-state index in [9.17, 15) is 19.8 Å². The van der Waals surface area contributed by atoms with Gasteiger partial charge in [-0.3, -0.25) is 0 Å². The van der Waals surface area contributed by atoms with Crippen LogP contribution in [0.4, 0.5) is 11.6 Å². The molecule has 0 aliphatic heterocycles. The van der Waals surface area contributed by atoms with Gasteiger partial charge < -0.3 is 31.3 Å². The van der Waals surface area contributed by atoms with E-state index < -0.39 is 11.9 Å². The zero-order valence-electron chi connectivity index (χ0n) is 15.2. The van der Waals surface area contributed by atoms with Crippen molar-refractivity contribution in [2.75, 3.05) is 11.5 Å². The van der Waals surface area contributed by atoms with Crippen LogP contribution in [0.3, 0.4) is 0 Å². The maximum Gasteiger partial charge on any atom is 2.00 e. The number of nitrogen functional groups attached to an aromatic ring is 2. The first kappa shape index (κ1) is 21.9. The molecule has 140 valence electrons. The summed E-state index contributed by atoms with van der Waals surface area (Å²) >= 11 is 0. The van der Waals surface area contributed by atoms with Gasteiger partial charge in [0.1, 0.15) is 11.6 Å². The number of hydrogen-bond acceptors (Lipinski definition) is 8. The monoisotopic (exact) mass is 398 g/mol. The summed E-state index contributed by atoms with van der Waals surface area (Å²) in [5, 5.41) is 22.7. The number of nitrogens with two attached hydrogens (primary N) is 2. The van der Waals surface area contributed by atoms with Gasteiger partial charge in [-0.1, -0.05) is 36.4 Å².